The van der Waals surface area contributed by atoms with E-state index in [1.54, 1.807) is 6.20 Å². The number of rotatable bonds is 10. The number of nitrogens with zero attached hydrogens (tertiary/aromatic N) is 4. The quantitative estimate of drug-likeness (QED) is 0.525. The SMILES string of the molecule is c1ccc(COCCCN(Cc2ccccn2)Cc2ccccn2)nc1. The molecular weight excluding hydrogens is 324 g/mol. The molecule has 0 saturated carbocycles. The van der Waals surface area contributed by atoms with Crippen molar-refractivity contribution in [1.82, 2.24) is 19.9 Å². The fraction of sp³-hybridized carbons (Fsp3) is 0.286. The van der Waals surface area contributed by atoms with Crippen molar-refractivity contribution in [1.29, 1.82) is 0 Å². The monoisotopic (exact) mass is 348 g/mol. The van der Waals surface area contributed by atoms with Gasteiger partial charge < -0.3 is 4.74 Å². The predicted molar refractivity (Wildman–Crippen MR) is 101 cm³/mol. The van der Waals surface area contributed by atoms with Crippen LogP contribution in [0.4, 0.5) is 0 Å². The highest BCUT2D eigenvalue weighted by molar-refractivity contribution is 5.06. The molecule has 0 radical (unpaired) electrons. The topological polar surface area (TPSA) is 51.1 Å². The van der Waals surface area contributed by atoms with Crippen LogP contribution in [0.3, 0.4) is 0 Å². The maximum absolute atomic E-state index is 5.75. The Hall–Kier alpha value is -2.63. The lowest BCUT2D eigenvalue weighted by Crippen LogP contribution is -2.25. The van der Waals surface area contributed by atoms with Crippen LogP contribution in [0.5, 0.6) is 0 Å². The number of pyridine rings is 3. The zero-order chi connectivity index (χ0) is 17.9. The van der Waals surface area contributed by atoms with Crippen LogP contribution < -0.4 is 0 Å². The molecule has 134 valence electrons. The average molecular weight is 348 g/mol. The first-order valence-electron chi connectivity index (χ1n) is 8.90. The maximum Gasteiger partial charge on any atom is 0.0887 e. The molecule has 3 aromatic heterocycles. The van der Waals surface area contributed by atoms with E-state index in [9.17, 15) is 0 Å². The molecule has 0 saturated heterocycles. The lowest BCUT2D eigenvalue weighted by molar-refractivity contribution is 0.104. The fourth-order valence-electron chi connectivity index (χ4n) is 2.71. The molecule has 3 aromatic rings. The van der Waals surface area contributed by atoms with Crippen LogP contribution >= 0.6 is 0 Å². The summed E-state index contributed by atoms with van der Waals surface area (Å²) in [5.41, 5.74) is 3.10. The van der Waals surface area contributed by atoms with Gasteiger partial charge in [-0.15, -0.1) is 0 Å². The van der Waals surface area contributed by atoms with Gasteiger partial charge in [0.05, 0.1) is 23.7 Å². The molecule has 0 bridgehead atoms. The van der Waals surface area contributed by atoms with E-state index in [1.165, 1.54) is 0 Å². The molecular formula is C21H24N4O. The van der Waals surface area contributed by atoms with Gasteiger partial charge in [0.1, 0.15) is 0 Å². The molecule has 26 heavy (non-hydrogen) atoms. The highest BCUT2D eigenvalue weighted by Gasteiger charge is 2.08. The summed E-state index contributed by atoms with van der Waals surface area (Å²) < 4.78 is 5.75. The molecule has 0 spiro atoms. The lowest BCUT2D eigenvalue weighted by atomic mass is 10.2. The molecule has 0 aliphatic heterocycles. The molecule has 0 aromatic carbocycles. The summed E-state index contributed by atoms with van der Waals surface area (Å²) in [6, 6.07) is 17.9. The Labute approximate surface area is 154 Å². The first-order valence-corrected chi connectivity index (χ1v) is 8.90. The summed E-state index contributed by atoms with van der Waals surface area (Å²) in [5, 5.41) is 0. The lowest BCUT2D eigenvalue weighted by Gasteiger charge is -2.21. The van der Waals surface area contributed by atoms with E-state index in [4.69, 9.17) is 4.74 Å². The summed E-state index contributed by atoms with van der Waals surface area (Å²) in [4.78, 5) is 15.5. The zero-order valence-corrected chi connectivity index (χ0v) is 14.9. The summed E-state index contributed by atoms with van der Waals surface area (Å²) >= 11 is 0. The molecule has 0 aliphatic carbocycles. The molecule has 0 atom stereocenters. The normalized spacial score (nSPS) is 11.0. The second-order valence-electron chi connectivity index (χ2n) is 6.08. The predicted octanol–water partition coefficient (Wildman–Crippen LogP) is 3.48. The number of hydrogen-bond acceptors (Lipinski definition) is 5. The van der Waals surface area contributed by atoms with Crippen molar-refractivity contribution in [3.8, 4) is 0 Å². The van der Waals surface area contributed by atoms with Crippen molar-refractivity contribution in [2.24, 2.45) is 0 Å². The van der Waals surface area contributed by atoms with Gasteiger partial charge in [-0.1, -0.05) is 18.2 Å². The van der Waals surface area contributed by atoms with Crippen molar-refractivity contribution in [2.75, 3.05) is 13.2 Å². The number of aromatic nitrogens is 3. The van der Waals surface area contributed by atoms with Crippen LogP contribution in [0.2, 0.25) is 0 Å². The first kappa shape index (κ1) is 18.2. The largest absolute Gasteiger partial charge is 0.375 e. The Balaban J connectivity index is 1.48. The van der Waals surface area contributed by atoms with Crippen molar-refractivity contribution in [3.63, 3.8) is 0 Å². The van der Waals surface area contributed by atoms with Gasteiger partial charge in [-0.25, -0.2) is 0 Å². The molecule has 0 unspecified atom stereocenters. The van der Waals surface area contributed by atoms with Gasteiger partial charge in [-0.05, 0) is 42.8 Å². The Morgan fingerprint density at radius 3 is 1.73 bits per heavy atom. The van der Waals surface area contributed by atoms with Crippen LogP contribution in [0, 0.1) is 0 Å². The van der Waals surface area contributed by atoms with Crippen molar-refractivity contribution < 1.29 is 4.74 Å². The van der Waals surface area contributed by atoms with Crippen LogP contribution in [0.1, 0.15) is 23.5 Å². The Bertz CT molecular complexity index is 696. The molecule has 3 heterocycles. The van der Waals surface area contributed by atoms with E-state index < -0.39 is 0 Å². The van der Waals surface area contributed by atoms with Gasteiger partial charge in [0, 0.05) is 44.8 Å². The second-order valence-corrected chi connectivity index (χ2v) is 6.08. The second kappa shape index (κ2) is 10.4. The third-order valence-corrected chi connectivity index (χ3v) is 3.96. The van der Waals surface area contributed by atoms with Crippen molar-refractivity contribution in [3.05, 3.63) is 90.3 Å². The third kappa shape index (κ3) is 6.35. The summed E-state index contributed by atoms with van der Waals surface area (Å²) in [6.07, 6.45) is 6.42. The van der Waals surface area contributed by atoms with Gasteiger partial charge >= 0.3 is 0 Å². The van der Waals surface area contributed by atoms with Gasteiger partial charge in [0.15, 0.2) is 0 Å². The third-order valence-electron chi connectivity index (χ3n) is 3.96. The highest BCUT2D eigenvalue weighted by atomic mass is 16.5. The highest BCUT2D eigenvalue weighted by Crippen LogP contribution is 2.08. The molecule has 0 N–H and O–H groups in total. The van der Waals surface area contributed by atoms with Gasteiger partial charge in [0.25, 0.3) is 0 Å². The fourth-order valence-corrected chi connectivity index (χ4v) is 2.71. The van der Waals surface area contributed by atoms with E-state index in [0.29, 0.717) is 13.2 Å². The smallest absolute Gasteiger partial charge is 0.0887 e. The zero-order valence-electron chi connectivity index (χ0n) is 14.9. The van der Waals surface area contributed by atoms with Crippen LogP contribution in [-0.4, -0.2) is 33.0 Å². The van der Waals surface area contributed by atoms with E-state index in [2.05, 4.69) is 32.0 Å². The molecule has 0 aliphatic rings. The summed E-state index contributed by atoms with van der Waals surface area (Å²) in [5.74, 6) is 0. The number of hydrogen-bond donors (Lipinski definition) is 0. The molecule has 0 amide bonds. The van der Waals surface area contributed by atoms with Crippen molar-refractivity contribution in [2.45, 2.75) is 26.1 Å². The minimum absolute atomic E-state index is 0.557. The van der Waals surface area contributed by atoms with Gasteiger partial charge in [-0.2, -0.15) is 0 Å². The molecule has 0 fully saturated rings. The van der Waals surface area contributed by atoms with Gasteiger partial charge in [0.2, 0.25) is 0 Å². The molecule has 3 rings (SSSR count). The van der Waals surface area contributed by atoms with Gasteiger partial charge in [-0.3, -0.25) is 19.9 Å². The molecule has 5 nitrogen and oxygen atoms in total. The van der Waals surface area contributed by atoms with Crippen LogP contribution in [0.25, 0.3) is 0 Å². The van der Waals surface area contributed by atoms with E-state index in [1.807, 2.05) is 54.9 Å². The maximum atomic E-state index is 5.75. The van der Waals surface area contributed by atoms with E-state index in [0.717, 1.165) is 43.1 Å². The number of ether oxygens (including phenoxy) is 1. The minimum Gasteiger partial charge on any atom is -0.375 e. The summed E-state index contributed by atoms with van der Waals surface area (Å²) in [7, 11) is 0. The van der Waals surface area contributed by atoms with Crippen LogP contribution in [0.15, 0.2) is 73.2 Å². The van der Waals surface area contributed by atoms with Crippen LogP contribution in [-0.2, 0) is 24.4 Å². The average Bonchev–Trinajstić information content (AvgIpc) is 2.70. The van der Waals surface area contributed by atoms with Crippen molar-refractivity contribution >= 4 is 0 Å². The Kier molecular flexibility index (Phi) is 7.25. The Morgan fingerprint density at radius 2 is 1.23 bits per heavy atom. The molecule has 5 heteroatoms. The summed E-state index contributed by atoms with van der Waals surface area (Å²) in [6.45, 7) is 3.80. The standard InChI is InChI=1S/C21H24N4O/c1-4-11-22-19(8-1)16-25(17-20-9-2-5-12-23-20)14-7-15-26-18-21-10-3-6-13-24-21/h1-6,8-13H,7,14-18H2. The first-order chi connectivity index (χ1) is 12.9. The van der Waals surface area contributed by atoms with E-state index >= 15 is 0 Å². The van der Waals surface area contributed by atoms with E-state index in [-0.39, 0.29) is 0 Å². The Morgan fingerprint density at radius 1 is 0.692 bits per heavy atom. The minimum atomic E-state index is 0.557.